The maximum absolute atomic E-state index is 12.9. The number of imidazole rings is 3. The molecule has 9 rings (SSSR count). The highest BCUT2D eigenvalue weighted by Crippen LogP contribution is 2.29. The summed E-state index contributed by atoms with van der Waals surface area (Å²) >= 11 is 3.42. The summed E-state index contributed by atoms with van der Waals surface area (Å²) in [6, 6.07) is 14.3. The quantitative estimate of drug-likeness (QED) is 0.0453. The lowest BCUT2D eigenvalue weighted by Gasteiger charge is -2.21. The van der Waals surface area contributed by atoms with Crippen LogP contribution in [0.2, 0.25) is 0 Å². The van der Waals surface area contributed by atoms with Crippen LogP contribution in [0, 0.1) is 36.0 Å². The van der Waals surface area contributed by atoms with E-state index in [0.717, 1.165) is 22.0 Å². The van der Waals surface area contributed by atoms with E-state index in [-0.39, 0.29) is 70.4 Å². The van der Waals surface area contributed by atoms with Gasteiger partial charge in [0.15, 0.2) is 0 Å². The lowest BCUT2D eigenvalue weighted by molar-refractivity contribution is -0.137. The van der Waals surface area contributed by atoms with E-state index >= 15 is 0 Å². The molecule has 3 aliphatic heterocycles. The van der Waals surface area contributed by atoms with E-state index in [1.807, 2.05) is 51.1 Å². The number of hydrogen-bond donors (Lipinski definition) is 6. The fourth-order valence-electron chi connectivity index (χ4n) is 9.90. The van der Waals surface area contributed by atoms with Crippen LogP contribution < -0.4 is 49.4 Å². The molecule has 3 saturated heterocycles. The van der Waals surface area contributed by atoms with Gasteiger partial charge in [0.05, 0.1) is 44.2 Å². The number of ether oxygens (including phenoxy) is 2. The van der Waals surface area contributed by atoms with Crippen molar-refractivity contribution >= 4 is 107 Å². The van der Waals surface area contributed by atoms with Gasteiger partial charge in [-0.2, -0.15) is 9.90 Å². The van der Waals surface area contributed by atoms with E-state index in [4.69, 9.17) is 21.6 Å². The molecule has 0 bridgehead atoms. The fraction of sp³-hybridized carbons (Fsp3) is 0.444. The number of para-hydroxylation sites is 3. The number of carbonyl (C=O) groups is 8. The molecule has 0 saturated carbocycles. The molecule has 6 heterocycles. The van der Waals surface area contributed by atoms with Crippen LogP contribution >= 0.6 is 25.8 Å². The summed E-state index contributed by atoms with van der Waals surface area (Å²) in [6.45, 7) is 12.3. The van der Waals surface area contributed by atoms with Crippen LogP contribution in [0.5, 0.6) is 0 Å². The first kappa shape index (κ1) is 71.7. The number of alkyl carbamates (subject to hydrolysis) is 2. The molecule has 0 radical (unpaired) electrons. The lowest BCUT2D eigenvalue weighted by Crippen LogP contribution is -2.44. The Bertz CT molecular complexity index is 4090. The summed E-state index contributed by atoms with van der Waals surface area (Å²) in [5.74, 6) is 12.5. The van der Waals surface area contributed by atoms with Gasteiger partial charge < -0.3 is 25.8 Å². The zero-order valence-corrected chi connectivity index (χ0v) is 55.1. The van der Waals surface area contributed by atoms with Gasteiger partial charge in [0, 0.05) is 77.2 Å². The van der Waals surface area contributed by atoms with Gasteiger partial charge in [-0.05, 0) is 133 Å². The lowest BCUT2D eigenvalue weighted by atomic mass is 10.1. The number of nitrogens with two attached hydrogens (primary N) is 1. The second kappa shape index (κ2) is 31.9. The summed E-state index contributed by atoms with van der Waals surface area (Å²) in [7, 11) is 4.97. The average Bonchev–Trinajstić information content (AvgIpc) is 1.62. The number of unbranched alkanes of at least 4 members (excludes halogenated alkanes) is 2. The summed E-state index contributed by atoms with van der Waals surface area (Å²) in [6.07, 6.45) is 8.95. The molecular formula is C63H78BrN12O13P. The van der Waals surface area contributed by atoms with Crippen LogP contribution in [0.1, 0.15) is 141 Å². The van der Waals surface area contributed by atoms with Crippen LogP contribution in [-0.4, -0.2) is 106 Å². The smallest absolute Gasteiger partial charge is 0.407 e. The molecule has 3 aliphatic rings. The molecule has 27 heteroatoms. The standard InChI is InChI=1S/C23H28N4O5.C18H20N4O3.C13H12BrN3O3.C9H15NO2.H3P/c1-23(2,3)32-21(30)24-14-7-5-6-9-15-10-8-11-16-19(15)26(4)22(31)27(16)17-12-13-18(28)25-20(17)29;1-21-16-12(6-3-2-4-11-19)7-5-8-13(16)22(18(21)25)14-9-10-15(23)20-17(14)24;1-16-11-7(14)3-2-4-8(11)17(13(16)20)9-5-6-10(18)15-12(9)19;1-5-6-7-10-8(11)12-9(2,3)4;/h8,10-11,17H,5,7,12-14H2,1-4H3,(H,24,30)(H,25,28,29);5,7-8,14H,2,4,9-11,19H2,1H3,(H,20,23,24);2-4,9H,5-6H2,1H3,(H,15,18,19);1H,6-7H2,2-4H3,(H,10,11);1H3. The Balaban J connectivity index is 0.000000228. The number of piperidine rings is 3. The van der Waals surface area contributed by atoms with Crippen molar-refractivity contribution in [2.75, 3.05) is 19.6 Å². The first-order valence-electron chi connectivity index (χ1n) is 28.9. The first-order chi connectivity index (χ1) is 42.1. The van der Waals surface area contributed by atoms with Crippen LogP contribution in [0.4, 0.5) is 9.59 Å². The molecule has 3 aromatic carbocycles. The monoisotopic (exact) mass is 1320 g/mol. The van der Waals surface area contributed by atoms with Gasteiger partial charge in [0.25, 0.3) is 0 Å². The van der Waals surface area contributed by atoms with Gasteiger partial charge in [-0.1, -0.05) is 41.9 Å². The summed E-state index contributed by atoms with van der Waals surface area (Å²) in [5.41, 5.74) is 9.02. The number of nitrogens with one attached hydrogen (secondary N) is 5. The minimum absolute atomic E-state index is 0. The average molecular weight is 1320 g/mol. The normalized spacial score (nSPS) is 16.3. The molecule has 3 fully saturated rings. The predicted molar refractivity (Wildman–Crippen MR) is 348 cm³/mol. The molecule has 7 N–H and O–H groups in total. The number of terminal acetylenes is 1. The summed E-state index contributed by atoms with van der Waals surface area (Å²) in [5, 5.41) is 12.1. The van der Waals surface area contributed by atoms with E-state index < -0.39 is 59.2 Å². The second-order valence-corrected chi connectivity index (χ2v) is 23.8. The number of halogens is 1. The Morgan fingerprint density at radius 3 is 1.29 bits per heavy atom. The van der Waals surface area contributed by atoms with Crippen LogP contribution in [-0.2, 0) is 59.4 Å². The zero-order chi connectivity index (χ0) is 65.5. The topological polar surface area (TPSA) is 322 Å². The third kappa shape index (κ3) is 18.3. The van der Waals surface area contributed by atoms with Crippen LogP contribution in [0.25, 0.3) is 33.1 Å². The van der Waals surface area contributed by atoms with Crippen molar-refractivity contribution in [3.8, 4) is 36.0 Å². The zero-order valence-electron chi connectivity index (χ0n) is 52.1. The number of fused-ring (bicyclic) bond motifs is 3. The third-order valence-corrected chi connectivity index (χ3v) is 14.5. The molecular weight excluding hydrogens is 1240 g/mol. The maximum atomic E-state index is 12.9. The molecule has 4 unspecified atom stereocenters. The minimum atomic E-state index is -0.731. The molecule has 480 valence electrons. The Morgan fingerprint density at radius 2 is 0.922 bits per heavy atom. The van der Waals surface area contributed by atoms with E-state index in [2.05, 4.69) is 72.1 Å². The van der Waals surface area contributed by atoms with Gasteiger partial charge in [0.2, 0.25) is 35.4 Å². The molecule has 3 aromatic heterocycles. The number of carbonyl (C=O) groups excluding carboxylic acids is 8. The number of amides is 8. The second-order valence-electron chi connectivity index (χ2n) is 22.9. The van der Waals surface area contributed by atoms with Gasteiger partial charge >= 0.3 is 29.3 Å². The van der Waals surface area contributed by atoms with Crippen molar-refractivity contribution in [1.82, 2.24) is 54.0 Å². The summed E-state index contributed by atoms with van der Waals surface area (Å²) in [4.78, 5) is 131. The first-order valence-corrected chi connectivity index (χ1v) is 29.7. The van der Waals surface area contributed by atoms with Gasteiger partial charge in [-0.25, -0.2) is 24.0 Å². The molecule has 4 atom stereocenters. The number of aromatic nitrogens is 6. The van der Waals surface area contributed by atoms with Gasteiger partial charge in [0.1, 0.15) is 29.3 Å². The Labute approximate surface area is 531 Å². The number of rotatable bonds is 10. The highest BCUT2D eigenvalue weighted by Gasteiger charge is 2.34. The van der Waals surface area contributed by atoms with Crippen LogP contribution in [0.15, 0.2) is 73.5 Å². The van der Waals surface area contributed by atoms with Crippen molar-refractivity contribution in [3.63, 3.8) is 0 Å². The number of imide groups is 3. The van der Waals surface area contributed by atoms with Crippen molar-refractivity contribution in [3.05, 3.63) is 102 Å². The fourth-order valence-corrected chi connectivity index (χ4v) is 10.5. The molecule has 6 aromatic rings. The minimum Gasteiger partial charge on any atom is -0.444 e. The Kier molecular flexibility index (Phi) is 25.5. The molecule has 0 spiro atoms. The number of aryl methyl sites for hydroxylation is 3. The summed E-state index contributed by atoms with van der Waals surface area (Å²) < 4.78 is 19.8. The molecule has 0 aliphatic carbocycles. The van der Waals surface area contributed by atoms with Crippen molar-refractivity contribution in [1.29, 1.82) is 0 Å². The van der Waals surface area contributed by atoms with Crippen molar-refractivity contribution < 1.29 is 47.8 Å². The maximum Gasteiger partial charge on any atom is 0.407 e. The van der Waals surface area contributed by atoms with E-state index in [1.165, 1.54) is 27.4 Å². The third-order valence-electron chi connectivity index (χ3n) is 13.9. The molecule has 90 heavy (non-hydrogen) atoms. The van der Waals surface area contributed by atoms with Gasteiger partial charge in [-0.3, -0.25) is 72.1 Å². The molecule has 25 nitrogen and oxygen atoms in total. The number of hydrogen-bond acceptors (Lipinski definition) is 14. The molecule has 8 amide bonds. The Morgan fingerprint density at radius 1 is 0.567 bits per heavy atom. The Hall–Kier alpha value is -9.02. The highest BCUT2D eigenvalue weighted by molar-refractivity contribution is 9.10. The van der Waals surface area contributed by atoms with Crippen molar-refractivity contribution in [2.24, 2.45) is 26.9 Å². The highest BCUT2D eigenvalue weighted by atomic mass is 79.9. The van der Waals surface area contributed by atoms with Gasteiger partial charge in [-0.15, -0.1) is 12.3 Å². The van der Waals surface area contributed by atoms with E-state index in [1.54, 1.807) is 66.2 Å². The van der Waals surface area contributed by atoms with E-state index in [0.29, 0.717) is 91.3 Å². The van der Waals surface area contributed by atoms with Crippen LogP contribution in [0.3, 0.4) is 0 Å². The predicted octanol–water partition coefficient (Wildman–Crippen LogP) is 5.05. The SMILES string of the molecule is C#CCCNC(=O)OC(C)(C)C.Cn1c(=O)n(C2CCC(=O)NC2=O)c2cccc(Br)c21.Cn1c(=O)n(C2CCC(=O)NC2=O)c2cccc(C#CCCCN)c21.Cn1c(=O)n(C2CCC(=O)NC2=O)c2cccc(C#CCCCNC(=O)OC(C)(C)C)c21.P. The number of benzene rings is 3. The largest absolute Gasteiger partial charge is 0.444 e. The van der Waals surface area contributed by atoms with E-state index in [9.17, 15) is 52.7 Å². The van der Waals surface area contributed by atoms with Crippen molar-refractivity contribution in [2.45, 2.75) is 141 Å². The number of nitrogens with zero attached hydrogens (tertiary/aromatic N) is 6.